The molecule has 0 amide bonds. The van der Waals surface area contributed by atoms with Gasteiger partial charge >= 0.3 is 11.1 Å². The molecule has 0 aliphatic carbocycles. The molecule has 1 aliphatic rings. The minimum Gasteiger partial charge on any atom is -0.622 e. The van der Waals surface area contributed by atoms with Crippen molar-refractivity contribution in [1.82, 2.24) is 19.7 Å². The van der Waals surface area contributed by atoms with Gasteiger partial charge in [-0.05, 0) is 62.3 Å². The average Bonchev–Trinajstić information content (AvgIpc) is 3.43. The number of aryl methyl sites for hydroxylation is 1. The lowest BCUT2D eigenvalue weighted by atomic mass is 10.1. The molecule has 3 atom stereocenters. The quantitative estimate of drug-likeness (QED) is 0.0820. The van der Waals surface area contributed by atoms with Crippen LogP contribution in [0.2, 0.25) is 0 Å². The average molecular weight is 521 g/mol. The highest BCUT2D eigenvalue weighted by atomic mass is 32.2. The van der Waals surface area contributed by atoms with E-state index in [9.17, 15) is 10.0 Å². The molecule has 1 aromatic heterocycles. The van der Waals surface area contributed by atoms with Crippen LogP contribution in [0.3, 0.4) is 0 Å². The summed E-state index contributed by atoms with van der Waals surface area (Å²) in [6.07, 6.45) is 6.66. The van der Waals surface area contributed by atoms with E-state index in [-0.39, 0.29) is 6.67 Å². The van der Waals surface area contributed by atoms with Crippen LogP contribution in [0.4, 0.5) is 5.13 Å². The second-order valence-electron chi connectivity index (χ2n) is 8.86. The molecule has 0 bridgehead atoms. The Balaban J connectivity index is 1.58. The molecule has 192 valence electrons. The largest absolute Gasteiger partial charge is 0.622 e. The molecular formula is C25H36N4O4S2. The summed E-state index contributed by atoms with van der Waals surface area (Å²) in [7, 11) is 1.83. The van der Waals surface area contributed by atoms with Crippen LogP contribution < -0.4 is 9.38 Å². The number of esters is 1. The van der Waals surface area contributed by atoms with Gasteiger partial charge in [0.2, 0.25) is 0 Å². The monoisotopic (exact) mass is 520 g/mol. The number of hydrogen-bond acceptors (Lipinski definition) is 9. The third-order valence-corrected chi connectivity index (χ3v) is 8.04. The van der Waals surface area contributed by atoms with Gasteiger partial charge in [-0.2, -0.15) is 0 Å². The van der Waals surface area contributed by atoms with E-state index in [1.165, 1.54) is 36.2 Å². The number of likely N-dealkylation sites (N-methyl/N-ethyl adjacent to an activating group) is 1. The number of unbranched alkanes of at least 4 members (excludes halogenated alkanes) is 3. The van der Waals surface area contributed by atoms with Gasteiger partial charge < -0.3 is 14.7 Å². The Morgan fingerprint density at radius 3 is 2.83 bits per heavy atom. The van der Waals surface area contributed by atoms with Gasteiger partial charge in [0.1, 0.15) is 12.4 Å². The third kappa shape index (κ3) is 7.75. The van der Waals surface area contributed by atoms with Gasteiger partial charge in [0, 0.05) is 5.75 Å². The Labute approximate surface area is 216 Å². The summed E-state index contributed by atoms with van der Waals surface area (Å²) in [5.41, 5.74) is 1.17. The normalized spacial score (nSPS) is 21.1. The van der Waals surface area contributed by atoms with Crippen LogP contribution in [0.5, 0.6) is 5.75 Å². The molecule has 3 rings (SSSR count). The Kier molecular flexibility index (Phi) is 10.5. The van der Waals surface area contributed by atoms with Gasteiger partial charge in [0.05, 0.1) is 6.54 Å². The topological polar surface area (TPSA) is 87.6 Å². The predicted molar refractivity (Wildman–Crippen MR) is 142 cm³/mol. The summed E-state index contributed by atoms with van der Waals surface area (Å²) in [5.74, 6) is 0.956. The lowest BCUT2D eigenvalue weighted by Crippen LogP contribution is -2.51. The maximum absolute atomic E-state index is 13.8. The molecule has 3 unspecified atom stereocenters. The summed E-state index contributed by atoms with van der Waals surface area (Å²) < 4.78 is 11.4. The fourth-order valence-corrected chi connectivity index (χ4v) is 5.78. The molecular weight excluding hydrogens is 484 g/mol. The molecule has 35 heavy (non-hydrogen) atoms. The van der Waals surface area contributed by atoms with E-state index in [0.29, 0.717) is 17.4 Å². The van der Waals surface area contributed by atoms with Crippen LogP contribution in [0.15, 0.2) is 41.3 Å². The van der Waals surface area contributed by atoms with Gasteiger partial charge in [-0.3, -0.25) is 4.65 Å². The number of carbonyl (C=O) groups excluding carboxylic acids is 1. The highest BCUT2D eigenvalue weighted by Crippen LogP contribution is 2.37. The van der Waals surface area contributed by atoms with Gasteiger partial charge in [-0.1, -0.05) is 61.3 Å². The molecule has 1 aliphatic heterocycles. The zero-order valence-corrected chi connectivity index (χ0v) is 22.5. The van der Waals surface area contributed by atoms with E-state index < -0.39 is 22.9 Å². The van der Waals surface area contributed by atoms with E-state index in [4.69, 9.17) is 9.47 Å². The van der Waals surface area contributed by atoms with E-state index in [1.54, 1.807) is 18.7 Å². The zero-order valence-electron chi connectivity index (χ0n) is 20.9. The Morgan fingerprint density at radius 2 is 2.11 bits per heavy atom. The third-order valence-electron chi connectivity index (χ3n) is 5.79. The van der Waals surface area contributed by atoms with Crippen LogP contribution in [-0.2, 0) is 16.0 Å². The molecule has 0 radical (unpaired) electrons. The summed E-state index contributed by atoms with van der Waals surface area (Å²) >= 11 is 2.91. The number of allylic oxidation sites excluding steroid dienone is 1. The van der Waals surface area contributed by atoms with Crippen LogP contribution >= 0.6 is 23.1 Å². The van der Waals surface area contributed by atoms with E-state index in [0.717, 1.165) is 29.4 Å². The SMILES string of the molecule is C=CCCc1ccc(OC(C)C(=O)OC2CN(C)C[N+]2([O-])c2nnc(SCCCCCC)s2)cc1. The number of rotatable bonds is 14. The summed E-state index contributed by atoms with van der Waals surface area (Å²) in [6, 6.07) is 7.61. The molecule has 8 nitrogen and oxygen atoms in total. The van der Waals surface area contributed by atoms with E-state index in [1.807, 2.05) is 42.3 Å². The summed E-state index contributed by atoms with van der Waals surface area (Å²) in [4.78, 5) is 14.7. The van der Waals surface area contributed by atoms with Crippen molar-refractivity contribution in [3.63, 3.8) is 0 Å². The number of hydrogen-bond donors (Lipinski definition) is 0. The lowest BCUT2D eigenvalue weighted by molar-refractivity contribution is -0.161. The fourth-order valence-electron chi connectivity index (χ4n) is 3.80. The van der Waals surface area contributed by atoms with Crippen LogP contribution in [-0.4, -0.2) is 59.4 Å². The Bertz CT molecular complexity index is 955. The molecule has 1 fully saturated rings. The molecule has 2 heterocycles. The molecule has 1 saturated heterocycles. The minimum absolute atomic E-state index is 0.148. The maximum Gasteiger partial charge on any atom is 0.351 e. The van der Waals surface area contributed by atoms with Crippen LogP contribution in [0.25, 0.3) is 0 Å². The number of hydroxylamine groups is 2. The van der Waals surface area contributed by atoms with E-state index in [2.05, 4.69) is 23.7 Å². The standard InChI is InChI=1S/C25H36N4O4S2/c1-5-7-9-10-16-34-25-27-26-24(35-25)29(31)18-28(4)17-22(29)33-23(30)19(3)32-21-14-12-20(13-15-21)11-8-6-2/h6,12-15,19,22H,2,5,7-11,16-18H2,1,3-4H3. The number of quaternary nitrogens is 1. The van der Waals surface area contributed by atoms with Crippen molar-refractivity contribution < 1.29 is 14.3 Å². The molecule has 0 spiro atoms. The maximum atomic E-state index is 13.8. The van der Waals surface area contributed by atoms with Gasteiger partial charge in [0.25, 0.3) is 6.23 Å². The van der Waals surface area contributed by atoms with Crippen LogP contribution in [0.1, 0.15) is 51.5 Å². The van der Waals surface area contributed by atoms with Crippen molar-refractivity contribution >= 4 is 34.2 Å². The molecule has 0 saturated carbocycles. The summed E-state index contributed by atoms with van der Waals surface area (Å²) in [5, 5.41) is 22.5. The smallest absolute Gasteiger partial charge is 0.351 e. The predicted octanol–water partition coefficient (Wildman–Crippen LogP) is 5.37. The first-order valence-corrected chi connectivity index (χ1v) is 14.0. The van der Waals surface area contributed by atoms with E-state index >= 15 is 0 Å². The molecule has 1 aromatic carbocycles. The Hall–Kier alpha value is -1.98. The molecule has 2 aromatic rings. The zero-order chi connectivity index (χ0) is 25.3. The van der Waals surface area contributed by atoms with Crippen molar-refractivity contribution in [2.75, 3.05) is 26.0 Å². The highest BCUT2D eigenvalue weighted by Gasteiger charge is 2.46. The van der Waals surface area contributed by atoms with Crippen molar-refractivity contribution in [1.29, 1.82) is 0 Å². The second-order valence-corrected chi connectivity index (χ2v) is 11.2. The number of aromatic nitrogens is 2. The summed E-state index contributed by atoms with van der Waals surface area (Å²) in [6.45, 7) is 8.02. The number of nitrogens with zero attached hydrogens (tertiary/aromatic N) is 4. The van der Waals surface area contributed by atoms with Crippen molar-refractivity contribution in [2.45, 2.75) is 69.0 Å². The second kappa shape index (κ2) is 13.4. The van der Waals surface area contributed by atoms with Crippen molar-refractivity contribution in [3.05, 3.63) is 47.7 Å². The Morgan fingerprint density at radius 1 is 1.34 bits per heavy atom. The van der Waals surface area contributed by atoms with Crippen molar-refractivity contribution in [3.8, 4) is 5.75 Å². The first-order chi connectivity index (χ1) is 16.9. The first kappa shape index (κ1) is 27.6. The van der Waals surface area contributed by atoms with Gasteiger partial charge in [-0.15, -0.1) is 11.7 Å². The van der Waals surface area contributed by atoms with Crippen molar-refractivity contribution in [2.24, 2.45) is 0 Å². The number of benzene rings is 1. The van der Waals surface area contributed by atoms with Gasteiger partial charge in [-0.25, -0.2) is 9.69 Å². The minimum atomic E-state index is -0.921. The highest BCUT2D eigenvalue weighted by molar-refractivity contribution is 8.01. The van der Waals surface area contributed by atoms with Crippen LogP contribution in [0, 0.1) is 5.21 Å². The number of ether oxygens (including phenoxy) is 2. The molecule has 0 N–H and O–H groups in total. The van der Waals surface area contributed by atoms with Gasteiger partial charge in [0.15, 0.2) is 10.4 Å². The fraction of sp³-hybridized carbons (Fsp3) is 0.560. The number of thioether (sulfide) groups is 1. The molecule has 10 heteroatoms. The first-order valence-electron chi connectivity index (χ1n) is 12.2. The lowest BCUT2D eigenvalue weighted by Gasteiger charge is -2.38. The number of carbonyl (C=O) groups is 1.